The molecule has 8 heteroatoms. The highest BCUT2D eigenvalue weighted by Crippen LogP contribution is 2.31. The van der Waals surface area contributed by atoms with Gasteiger partial charge >= 0.3 is 0 Å². The Labute approximate surface area is 128 Å². The highest BCUT2D eigenvalue weighted by atomic mass is 32.2. The molecule has 0 aromatic heterocycles. The minimum absolute atomic E-state index is 0.0217. The summed E-state index contributed by atoms with van der Waals surface area (Å²) >= 11 is 0. The van der Waals surface area contributed by atoms with Crippen LogP contribution in [0, 0.1) is 0 Å². The lowest BCUT2D eigenvalue weighted by atomic mass is 9.95. The van der Waals surface area contributed by atoms with E-state index >= 15 is 0 Å². The molecule has 0 aliphatic carbocycles. The molecule has 22 heavy (non-hydrogen) atoms. The maximum absolute atomic E-state index is 12.6. The van der Waals surface area contributed by atoms with Crippen LogP contribution in [0.15, 0.2) is 24.3 Å². The SMILES string of the molecule is CC1(CC(=O)N2CC(=O)Nc3ccccc32)CCS(=O)(=O)N1. The van der Waals surface area contributed by atoms with Crippen LogP contribution in [-0.2, 0) is 19.6 Å². The molecule has 1 fully saturated rings. The van der Waals surface area contributed by atoms with E-state index in [1.54, 1.807) is 31.2 Å². The molecule has 2 aliphatic heterocycles. The van der Waals surface area contributed by atoms with Crippen molar-refractivity contribution >= 4 is 33.2 Å². The van der Waals surface area contributed by atoms with Gasteiger partial charge < -0.3 is 10.2 Å². The zero-order valence-corrected chi connectivity index (χ0v) is 12.9. The molecule has 1 aromatic rings. The van der Waals surface area contributed by atoms with Crippen molar-refractivity contribution in [3.8, 4) is 0 Å². The van der Waals surface area contributed by atoms with E-state index in [2.05, 4.69) is 10.0 Å². The van der Waals surface area contributed by atoms with Gasteiger partial charge in [0, 0.05) is 12.0 Å². The van der Waals surface area contributed by atoms with Crippen LogP contribution in [0.5, 0.6) is 0 Å². The summed E-state index contributed by atoms with van der Waals surface area (Å²) in [6, 6.07) is 7.05. The van der Waals surface area contributed by atoms with Gasteiger partial charge in [0.05, 0.1) is 17.1 Å². The van der Waals surface area contributed by atoms with E-state index in [1.165, 1.54) is 4.90 Å². The van der Waals surface area contributed by atoms with Gasteiger partial charge in [-0.2, -0.15) is 0 Å². The highest BCUT2D eigenvalue weighted by Gasteiger charge is 2.40. The Morgan fingerprint density at radius 1 is 1.36 bits per heavy atom. The summed E-state index contributed by atoms with van der Waals surface area (Å²) in [6.45, 7) is 1.66. The number of carbonyl (C=O) groups excluding carboxylic acids is 2. The predicted octanol–water partition coefficient (Wildman–Crippen LogP) is 0.444. The lowest BCUT2D eigenvalue weighted by Crippen LogP contribution is -2.47. The monoisotopic (exact) mass is 323 g/mol. The smallest absolute Gasteiger partial charge is 0.244 e. The quantitative estimate of drug-likeness (QED) is 0.826. The third-order valence-electron chi connectivity index (χ3n) is 3.94. The van der Waals surface area contributed by atoms with Crippen molar-refractivity contribution in [2.24, 2.45) is 0 Å². The van der Waals surface area contributed by atoms with Crippen molar-refractivity contribution < 1.29 is 18.0 Å². The average molecular weight is 323 g/mol. The zero-order chi connectivity index (χ0) is 16.0. The first-order valence-corrected chi connectivity index (χ1v) is 8.64. The lowest BCUT2D eigenvalue weighted by Gasteiger charge is -2.32. The van der Waals surface area contributed by atoms with E-state index in [-0.39, 0.29) is 30.5 Å². The minimum atomic E-state index is -3.30. The maximum Gasteiger partial charge on any atom is 0.244 e. The summed E-state index contributed by atoms with van der Waals surface area (Å²) < 4.78 is 25.6. The molecule has 2 heterocycles. The fourth-order valence-corrected chi connectivity index (χ4v) is 4.59. The first-order chi connectivity index (χ1) is 10.3. The van der Waals surface area contributed by atoms with Crippen LogP contribution in [0.2, 0.25) is 0 Å². The molecule has 0 bridgehead atoms. The van der Waals surface area contributed by atoms with E-state index in [4.69, 9.17) is 0 Å². The summed E-state index contributed by atoms with van der Waals surface area (Å²) in [7, 11) is -3.30. The average Bonchev–Trinajstić information content (AvgIpc) is 2.71. The van der Waals surface area contributed by atoms with Crippen LogP contribution >= 0.6 is 0 Å². The molecule has 3 rings (SSSR count). The number of nitrogens with one attached hydrogen (secondary N) is 2. The van der Waals surface area contributed by atoms with Crippen LogP contribution in [0.1, 0.15) is 19.8 Å². The molecular weight excluding hydrogens is 306 g/mol. The van der Waals surface area contributed by atoms with Crippen molar-refractivity contribution in [2.45, 2.75) is 25.3 Å². The maximum atomic E-state index is 12.6. The van der Waals surface area contributed by atoms with Gasteiger partial charge in [0.25, 0.3) is 0 Å². The molecule has 1 atom stereocenters. The third kappa shape index (κ3) is 2.84. The van der Waals surface area contributed by atoms with Crippen molar-refractivity contribution in [3.05, 3.63) is 24.3 Å². The second-order valence-electron chi connectivity index (χ2n) is 5.95. The number of hydrogen-bond acceptors (Lipinski definition) is 4. The number of fused-ring (bicyclic) bond motifs is 1. The fourth-order valence-electron chi connectivity index (χ4n) is 2.85. The topological polar surface area (TPSA) is 95.6 Å². The number of amides is 2. The van der Waals surface area contributed by atoms with Crippen LogP contribution in [0.3, 0.4) is 0 Å². The van der Waals surface area contributed by atoms with Gasteiger partial charge in [-0.05, 0) is 25.5 Å². The van der Waals surface area contributed by atoms with Gasteiger partial charge in [-0.25, -0.2) is 13.1 Å². The van der Waals surface area contributed by atoms with E-state index < -0.39 is 15.6 Å². The number of anilines is 2. The normalized spacial score (nSPS) is 26.4. The fraction of sp³-hybridized carbons (Fsp3) is 0.429. The Morgan fingerprint density at radius 2 is 2.09 bits per heavy atom. The molecule has 1 unspecified atom stereocenters. The molecular formula is C14H17N3O4S. The Bertz CT molecular complexity index is 746. The summed E-state index contributed by atoms with van der Waals surface area (Å²) in [5.41, 5.74) is 0.430. The van der Waals surface area contributed by atoms with Crippen molar-refractivity contribution in [3.63, 3.8) is 0 Å². The van der Waals surface area contributed by atoms with Gasteiger partial charge in [-0.1, -0.05) is 12.1 Å². The van der Waals surface area contributed by atoms with Crippen LogP contribution in [0.25, 0.3) is 0 Å². The second kappa shape index (κ2) is 5.06. The molecule has 0 saturated carbocycles. The number of nitrogens with zero attached hydrogens (tertiary/aromatic N) is 1. The minimum Gasteiger partial charge on any atom is -0.323 e. The molecule has 1 aromatic carbocycles. The van der Waals surface area contributed by atoms with Gasteiger partial charge in [0.15, 0.2) is 0 Å². The molecule has 0 spiro atoms. The highest BCUT2D eigenvalue weighted by molar-refractivity contribution is 7.89. The molecule has 2 N–H and O–H groups in total. The van der Waals surface area contributed by atoms with Gasteiger partial charge in [-0.15, -0.1) is 0 Å². The molecule has 0 radical (unpaired) electrons. The lowest BCUT2D eigenvalue weighted by molar-refractivity contribution is -0.122. The zero-order valence-electron chi connectivity index (χ0n) is 12.1. The molecule has 1 saturated heterocycles. The number of carbonyl (C=O) groups is 2. The Hall–Kier alpha value is -1.93. The summed E-state index contributed by atoms with van der Waals surface area (Å²) in [5, 5.41) is 2.72. The summed E-state index contributed by atoms with van der Waals surface area (Å²) in [6.07, 6.45) is 0.399. The van der Waals surface area contributed by atoms with Crippen LogP contribution in [0.4, 0.5) is 11.4 Å². The van der Waals surface area contributed by atoms with E-state index in [0.29, 0.717) is 17.8 Å². The largest absolute Gasteiger partial charge is 0.323 e. The van der Waals surface area contributed by atoms with Gasteiger partial charge in [0.2, 0.25) is 21.8 Å². The van der Waals surface area contributed by atoms with E-state index in [0.717, 1.165) is 0 Å². The first kappa shape index (κ1) is 15.0. The second-order valence-corrected chi connectivity index (χ2v) is 7.80. The summed E-state index contributed by atoms with van der Waals surface area (Å²) in [4.78, 5) is 25.7. The third-order valence-corrected chi connectivity index (χ3v) is 5.48. The number of sulfonamides is 1. The first-order valence-electron chi connectivity index (χ1n) is 6.99. The summed E-state index contributed by atoms with van der Waals surface area (Å²) in [5.74, 6) is -0.507. The molecule has 7 nitrogen and oxygen atoms in total. The number of rotatable bonds is 2. The Kier molecular flexibility index (Phi) is 3.45. The van der Waals surface area contributed by atoms with Gasteiger partial charge in [0.1, 0.15) is 6.54 Å². The van der Waals surface area contributed by atoms with E-state index in [9.17, 15) is 18.0 Å². The standard InChI is InChI=1S/C14H17N3O4S/c1-14(6-7-22(20,21)16-14)8-13(19)17-9-12(18)15-10-4-2-3-5-11(10)17/h2-5,16H,6-9H2,1H3,(H,15,18). The molecule has 2 aliphatic rings. The van der Waals surface area contributed by atoms with Crippen molar-refractivity contribution in [1.29, 1.82) is 0 Å². The number of benzene rings is 1. The molecule has 2 amide bonds. The molecule has 118 valence electrons. The predicted molar refractivity (Wildman–Crippen MR) is 82.0 cm³/mol. The number of hydrogen-bond donors (Lipinski definition) is 2. The number of para-hydroxylation sites is 2. The Balaban J connectivity index is 1.83. The van der Waals surface area contributed by atoms with Crippen LogP contribution < -0.4 is 14.9 Å². The van der Waals surface area contributed by atoms with E-state index in [1.807, 2.05) is 0 Å². The van der Waals surface area contributed by atoms with Gasteiger partial charge in [-0.3, -0.25) is 9.59 Å². The van der Waals surface area contributed by atoms with Crippen molar-refractivity contribution in [1.82, 2.24) is 4.72 Å². The van der Waals surface area contributed by atoms with Crippen molar-refractivity contribution in [2.75, 3.05) is 22.5 Å². The Morgan fingerprint density at radius 3 is 2.77 bits per heavy atom. The van der Waals surface area contributed by atoms with Crippen LogP contribution in [-0.4, -0.2) is 38.1 Å².